The summed E-state index contributed by atoms with van der Waals surface area (Å²) in [5.74, 6) is -0.594. The highest BCUT2D eigenvalue weighted by atomic mass is 32.2. The quantitative estimate of drug-likeness (QED) is 0.533. The lowest BCUT2D eigenvalue weighted by Gasteiger charge is -2.19. The fourth-order valence-electron chi connectivity index (χ4n) is 5.11. The van der Waals surface area contributed by atoms with Crippen LogP contribution in [-0.4, -0.2) is 32.2 Å². The number of hydrogen-bond donors (Lipinski definition) is 1. The fourth-order valence-corrected chi connectivity index (χ4v) is 6.41. The van der Waals surface area contributed by atoms with Gasteiger partial charge in [0.05, 0.1) is 31.2 Å². The second-order valence-electron chi connectivity index (χ2n) is 8.88. The lowest BCUT2D eigenvalue weighted by Crippen LogP contribution is -2.30. The van der Waals surface area contributed by atoms with Gasteiger partial charge < -0.3 is 4.74 Å². The minimum absolute atomic E-state index is 0.0445. The summed E-state index contributed by atoms with van der Waals surface area (Å²) in [6, 6.07) is 17.7. The number of ether oxygens (including phenoxy) is 1. The van der Waals surface area contributed by atoms with Gasteiger partial charge in [0.2, 0.25) is 11.8 Å². The predicted molar refractivity (Wildman–Crippen MR) is 129 cm³/mol. The van der Waals surface area contributed by atoms with Gasteiger partial charge in [0.25, 0.3) is 10.0 Å². The van der Waals surface area contributed by atoms with E-state index < -0.39 is 10.0 Å². The normalized spacial score (nSPS) is 20.4. The number of benzene rings is 3. The van der Waals surface area contributed by atoms with Crippen LogP contribution in [0.3, 0.4) is 0 Å². The summed E-state index contributed by atoms with van der Waals surface area (Å²) >= 11 is 0. The molecule has 5 rings (SSSR count). The molecule has 1 aliphatic heterocycles. The summed E-state index contributed by atoms with van der Waals surface area (Å²) in [4.78, 5) is 27.0. The number of carbonyl (C=O) groups is 2. The van der Waals surface area contributed by atoms with Crippen molar-refractivity contribution in [2.45, 2.75) is 37.1 Å². The van der Waals surface area contributed by atoms with Gasteiger partial charge in [-0.3, -0.25) is 19.2 Å². The lowest BCUT2D eigenvalue weighted by molar-refractivity contribution is -0.140. The van der Waals surface area contributed by atoms with Crippen molar-refractivity contribution >= 4 is 38.3 Å². The number of imide groups is 1. The molecule has 2 aliphatic rings. The van der Waals surface area contributed by atoms with Crippen LogP contribution in [0.2, 0.25) is 0 Å². The summed E-state index contributed by atoms with van der Waals surface area (Å²) in [5, 5.41) is 1.69. The lowest BCUT2D eigenvalue weighted by atomic mass is 9.81. The number of fused-ring (bicyclic) bond motifs is 2. The molecule has 1 saturated carbocycles. The highest BCUT2D eigenvalue weighted by Gasteiger charge is 2.47. The zero-order valence-corrected chi connectivity index (χ0v) is 19.7. The van der Waals surface area contributed by atoms with E-state index in [1.54, 1.807) is 24.3 Å². The van der Waals surface area contributed by atoms with E-state index in [9.17, 15) is 18.0 Å². The first-order valence-corrected chi connectivity index (χ1v) is 12.9. The van der Waals surface area contributed by atoms with Crippen molar-refractivity contribution in [1.82, 2.24) is 4.90 Å². The van der Waals surface area contributed by atoms with E-state index in [2.05, 4.69) is 4.72 Å². The third kappa shape index (κ3) is 3.92. The molecule has 0 radical (unpaired) electrons. The number of carbonyl (C=O) groups excluding carboxylic acids is 2. The van der Waals surface area contributed by atoms with Crippen molar-refractivity contribution in [2.24, 2.45) is 11.8 Å². The minimum atomic E-state index is -4.01. The molecule has 2 atom stereocenters. The first-order valence-electron chi connectivity index (χ1n) is 11.4. The Labute approximate surface area is 198 Å². The molecule has 1 saturated heterocycles. The third-order valence-corrected chi connectivity index (χ3v) is 8.21. The Morgan fingerprint density at radius 2 is 1.62 bits per heavy atom. The number of amides is 2. The molecule has 2 unspecified atom stereocenters. The number of anilines is 1. The Morgan fingerprint density at radius 3 is 2.32 bits per heavy atom. The summed E-state index contributed by atoms with van der Waals surface area (Å²) in [5.41, 5.74) is 1.01. The highest BCUT2D eigenvalue weighted by molar-refractivity contribution is 7.92. The van der Waals surface area contributed by atoms with E-state index in [1.165, 1.54) is 18.1 Å². The second kappa shape index (κ2) is 8.76. The molecule has 0 spiro atoms. The Hall–Kier alpha value is -3.39. The van der Waals surface area contributed by atoms with Crippen molar-refractivity contribution in [2.75, 3.05) is 11.8 Å². The van der Waals surface area contributed by atoms with Gasteiger partial charge in [-0.15, -0.1) is 0 Å². The predicted octanol–water partition coefficient (Wildman–Crippen LogP) is 4.32. The van der Waals surface area contributed by atoms with Gasteiger partial charge in [-0.25, -0.2) is 8.42 Å². The molecule has 34 heavy (non-hydrogen) atoms. The molecule has 8 heteroatoms. The van der Waals surface area contributed by atoms with Crippen molar-refractivity contribution < 1.29 is 22.7 Å². The molecule has 176 valence electrons. The topological polar surface area (TPSA) is 92.8 Å². The first kappa shape index (κ1) is 22.4. The Kier molecular flexibility index (Phi) is 5.77. The van der Waals surface area contributed by atoms with Gasteiger partial charge in [-0.05, 0) is 42.0 Å². The molecular weight excluding hydrogens is 452 g/mol. The summed E-state index contributed by atoms with van der Waals surface area (Å²) < 4.78 is 34.8. The molecule has 2 fully saturated rings. The molecule has 7 nitrogen and oxygen atoms in total. The molecule has 1 N–H and O–H groups in total. The number of hydrogen-bond acceptors (Lipinski definition) is 5. The van der Waals surface area contributed by atoms with Crippen LogP contribution >= 0.6 is 0 Å². The Morgan fingerprint density at radius 1 is 0.941 bits per heavy atom. The van der Waals surface area contributed by atoms with Crippen LogP contribution in [0.4, 0.5) is 5.69 Å². The van der Waals surface area contributed by atoms with Gasteiger partial charge >= 0.3 is 0 Å². The third-order valence-electron chi connectivity index (χ3n) is 6.82. The maximum atomic E-state index is 13.4. The number of nitrogens with one attached hydrogen (secondary N) is 1. The van der Waals surface area contributed by atoms with E-state index in [-0.39, 0.29) is 40.8 Å². The van der Waals surface area contributed by atoms with Gasteiger partial charge in [0.1, 0.15) is 10.6 Å². The number of methoxy groups -OCH3 is 1. The number of rotatable bonds is 6. The standard InChI is InChI=1S/C26H26N2O5S/c1-33-23-14-13-17(16-28-25(29)20-10-4-5-11-21(20)26(28)30)15-24(23)34(31,32)27-22-12-6-8-18-7-2-3-9-19(18)22/h2-3,6-9,12-15,20-21,27H,4-5,10-11,16H2,1H3. The van der Waals surface area contributed by atoms with Gasteiger partial charge in [0.15, 0.2) is 0 Å². The second-order valence-corrected chi connectivity index (χ2v) is 10.5. The Bertz CT molecular complexity index is 1360. The largest absolute Gasteiger partial charge is 0.495 e. The number of nitrogens with zero attached hydrogens (tertiary/aromatic N) is 1. The van der Waals surface area contributed by atoms with Crippen LogP contribution in [0.1, 0.15) is 31.2 Å². The average molecular weight is 479 g/mol. The van der Waals surface area contributed by atoms with Gasteiger partial charge in [-0.2, -0.15) is 0 Å². The summed E-state index contributed by atoms with van der Waals surface area (Å²) in [7, 11) is -2.61. The van der Waals surface area contributed by atoms with E-state index in [0.717, 1.165) is 36.5 Å². The molecule has 1 heterocycles. The van der Waals surface area contributed by atoms with E-state index >= 15 is 0 Å². The van der Waals surface area contributed by atoms with Crippen molar-refractivity contribution in [3.63, 3.8) is 0 Å². The van der Waals surface area contributed by atoms with Crippen LogP contribution in [0.15, 0.2) is 65.6 Å². The van der Waals surface area contributed by atoms with E-state index in [0.29, 0.717) is 11.3 Å². The maximum absolute atomic E-state index is 13.4. The maximum Gasteiger partial charge on any atom is 0.265 e. The number of likely N-dealkylation sites (tertiary alicyclic amines) is 1. The van der Waals surface area contributed by atoms with Crippen LogP contribution < -0.4 is 9.46 Å². The van der Waals surface area contributed by atoms with Crippen molar-refractivity contribution in [3.8, 4) is 5.75 Å². The summed E-state index contributed by atoms with van der Waals surface area (Å²) in [6.07, 6.45) is 3.39. The SMILES string of the molecule is COc1ccc(CN2C(=O)C3CCCCC3C2=O)cc1S(=O)(=O)Nc1cccc2ccccc12. The molecular formula is C26H26N2O5S. The van der Waals surface area contributed by atoms with Crippen LogP contribution in [-0.2, 0) is 26.2 Å². The van der Waals surface area contributed by atoms with Gasteiger partial charge in [-0.1, -0.05) is 55.3 Å². The van der Waals surface area contributed by atoms with E-state index in [4.69, 9.17) is 4.74 Å². The minimum Gasteiger partial charge on any atom is -0.495 e. The van der Waals surface area contributed by atoms with Crippen molar-refractivity contribution in [3.05, 3.63) is 66.2 Å². The molecule has 3 aromatic rings. The van der Waals surface area contributed by atoms with Crippen LogP contribution in [0.25, 0.3) is 10.8 Å². The van der Waals surface area contributed by atoms with Crippen molar-refractivity contribution in [1.29, 1.82) is 0 Å². The zero-order chi connectivity index (χ0) is 23.9. The average Bonchev–Trinajstić information content (AvgIpc) is 3.09. The molecule has 3 aromatic carbocycles. The summed E-state index contributed by atoms with van der Waals surface area (Å²) in [6.45, 7) is 0.0471. The first-order chi connectivity index (χ1) is 16.4. The van der Waals surface area contributed by atoms with Crippen LogP contribution in [0, 0.1) is 11.8 Å². The monoisotopic (exact) mass is 478 g/mol. The molecule has 0 aromatic heterocycles. The Balaban J connectivity index is 1.46. The van der Waals surface area contributed by atoms with Crippen LogP contribution in [0.5, 0.6) is 5.75 Å². The zero-order valence-electron chi connectivity index (χ0n) is 18.9. The van der Waals surface area contributed by atoms with E-state index in [1.807, 2.05) is 30.3 Å². The highest BCUT2D eigenvalue weighted by Crippen LogP contribution is 2.39. The fraction of sp³-hybridized carbons (Fsp3) is 0.308. The van der Waals surface area contributed by atoms with Gasteiger partial charge in [0, 0.05) is 5.39 Å². The smallest absolute Gasteiger partial charge is 0.265 e. The molecule has 1 aliphatic carbocycles. The number of sulfonamides is 1. The molecule has 0 bridgehead atoms. The molecule has 2 amide bonds.